The Balaban J connectivity index is 2.47. The van der Waals surface area contributed by atoms with Gasteiger partial charge in [0.05, 0.1) is 16.1 Å². The number of hydrogen-bond acceptors (Lipinski definition) is 4. The van der Waals surface area contributed by atoms with E-state index in [-0.39, 0.29) is 11.3 Å². The van der Waals surface area contributed by atoms with E-state index < -0.39 is 31.8 Å². The van der Waals surface area contributed by atoms with Crippen LogP contribution in [0.3, 0.4) is 0 Å². The van der Waals surface area contributed by atoms with E-state index in [9.17, 15) is 21.6 Å². The molecule has 0 radical (unpaired) electrons. The monoisotopic (exact) mass is 361 g/mol. The van der Waals surface area contributed by atoms with Gasteiger partial charge in [0.2, 0.25) is 0 Å². The Morgan fingerprint density at radius 1 is 1.13 bits per heavy atom. The Hall–Kier alpha value is -2.24. The molecule has 0 N–H and O–H groups in total. The molecule has 0 amide bonds. The van der Waals surface area contributed by atoms with Crippen LogP contribution in [-0.4, -0.2) is 8.42 Å². The van der Waals surface area contributed by atoms with E-state index in [0.717, 1.165) is 12.1 Å². The van der Waals surface area contributed by atoms with Gasteiger partial charge in [0.25, 0.3) is 0 Å². The Morgan fingerprint density at radius 2 is 1.78 bits per heavy atom. The maximum Gasteiger partial charge on any atom is 0.417 e. The van der Waals surface area contributed by atoms with E-state index in [1.54, 1.807) is 6.07 Å². The quantitative estimate of drug-likeness (QED) is 0.775. The number of para-hydroxylation sites is 1. The van der Waals surface area contributed by atoms with Crippen LogP contribution in [0.2, 0.25) is 5.02 Å². The highest BCUT2D eigenvalue weighted by Crippen LogP contribution is 2.36. The van der Waals surface area contributed by atoms with Crippen LogP contribution < -0.4 is 4.18 Å². The van der Waals surface area contributed by atoms with Crippen molar-refractivity contribution in [3.8, 4) is 11.8 Å². The first-order valence-electron chi connectivity index (χ1n) is 5.95. The molecule has 0 bridgehead atoms. The number of halogens is 4. The summed E-state index contributed by atoms with van der Waals surface area (Å²) < 4.78 is 67.4. The minimum atomic E-state index is -4.81. The van der Waals surface area contributed by atoms with Gasteiger partial charge < -0.3 is 4.18 Å². The maximum absolute atomic E-state index is 12.8. The van der Waals surface area contributed by atoms with E-state index in [1.807, 2.05) is 0 Å². The molecule has 0 aromatic heterocycles. The second-order valence-electron chi connectivity index (χ2n) is 4.28. The molecule has 0 heterocycles. The average Bonchev–Trinajstić information content (AvgIpc) is 2.46. The first-order valence-corrected chi connectivity index (χ1v) is 7.74. The molecule has 120 valence electrons. The molecule has 4 nitrogen and oxygen atoms in total. The predicted octanol–water partition coefficient (Wildman–Crippen LogP) is 4.00. The summed E-state index contributed by atoms with van der Waals surface area (Å²) in [6, 6.07) is 9.26. The Labute approximate surface area is 134 Å². The van der Waals surface area contributed by atoms with Gasteiger partial charge in [-0.15, -0.1) is 0 Å². The zero-order valence-corrected chi connectivity index (χ0v) is 12.7. The molecule has 9 heteroatoms. The van der Waals surface area contributed by atoms with Gasteiger partial charge in [0.1, 0.15) is 11.0 Å². The Morgan fingerprint density at radius 3 is 2.39 bits per heavy atom. The molecule has 2 rings (SSSR count). The summed E-state index contributed by atoms with van der Waals surface area (Å²) in [4.78, 5) is -0.720. The van der Waals surface area contributed by atoms with Crippen LogP contribution in [0.1, 0.15) is 11.1 Å². The number of nitrogens with zero attached hydrogens (tertiary/aromatic N) is 1. The zero-order chi connectivity index (χ0) is 17.3. The highest BCUT2D eigenvalue weighted by Gasteiger charge is 2.35. The highest BCUT2D eigenvalue weighted by molar-refractivity contribution is 7.87. The third kappa shape index (κ3) is 3.75. The molecule has 0 spiro atoms. The minimum absolute atomic E-state index is 0.0684. The Bertz CT molecular complexity index is 889. The van der Waals surface area contributed by atoms with Gasteiger partial charge in [-0.25, -0.2) is 0 Å². The molecule has 2 aromatic carbocycles. The lowest BCUT2D eigenvalue weighted by Gasteiger charge is -2.12. The fraction of sp³-hybridized carbons (Fsp3) is 0.0714. The van der Waals surface area contributed by atoms with Gasteiger partial charge in [0.15, 0.2) is 5.75 Å². The van der Waals surface area contributed by atoms with E-state index in [2.05, 4.69) is 0 Å². The lowest BCUT2D eigenvalue weighted by Crippen LogP contribution is -2.13. The fourth-order valence-corrected chi connectivity index (χ4v) is 2.87. The number of benzene rings is 2. The van der Waals surface area contributed by atoms with Crippen molar-refractivity contribution >= 4 is 21.7 Å². The second kappa shape index (κ2) is 6.10. The molecule has 0 unspecified atom stereocenters. The SMILES string of the molecule is N#Cc1ccccc1OS(=O)(=O)c1ccc(Cl)c(C(F)(F)F)c1. The zero-order valence-electron chi connectivity index (χ0n) is 11.1. The fourth-order valence-electron chi connectivity index (χ4n) is 1.68. The van der Waals surface area contributed by atoms with Crippen LogP contribution in [0, 0.1) is 11.3 Å². The van der Waals surface area contributed by atoms with Gasteiger partial charge >= 0.3 is 16.3 Å². The van der Waals surface area contributed by atoms with Gasteiger partial charge in [-0.2, -0.15) is 26.9 Å². The van der Waals surface area contributed by atoms with Crippen molar-refractivity contribution in [1.29, 1.82) is 5.26 Å². The van der Waals surface area contributed by atoms with Crippen molar-refractivity contribution in [2.45, 2.75) is 11.1 Å². The molecule has 2 aromatic rings. The molecule has 0 aliphatic heterocycles. The largest absolute Gasteiger partial charge is 0.417 e. The predicted molar refractivity (Wildman–Crippen MR) is 75.4 cm³/mol. The highest BCUT2D eigenvalue weighted by atomic mass is 35.5. The van der Waals surface area contributed by atoms with Crippen LogP contribution >= 0.6 is 11.6 Å². The van der Waals surface area contributed by atoms with E-state index in [4.69, 9.17) is 21.0 Å². The van der Waals surface area contributed by atoms with Crippen LogP contribution in [0.15, 0.2) is 47.4 Å². The van der Waals surface area contributed by atoms with Crippen molar-refractivity contribution < 1.29 is 25.8 Å². The van der Waals surface area contributed by atoms with Gasteiger partial charge in [-0.3, -0.25) is 0 Å². The first-order chi connectivity index (χ1) is 10.6. The third-order valence-corrected chi connectivity index (χ3v) is 4.30. The first kappa shape index (κ1) is 17.1. The van der Waals surface area contributed by atoms with Crippen LogP contribution in [-0.2, 0) is 16.3 Å². The van der Waals surface area contributed by atoms with E-state index >= 15 is 0 Å². The average molecular weight is 362 g/mol. The van der Waals surface area contributed by atoms with Crippen molar-refractivity contribution in [3.05, 3.63) is 58.6 Å². The topological polar surface area (TPSA) is 67.2 Å². The summed E-state index contributed by atoms with van der Waals surface area (Å²) in [6.45, 7) is 0. The van der Waals surface area contributed by atoms with E-state index in [0.29, 0.717) is 6.07 Å². The number of rotatable bonds is 3. The lowest BCUT2D eigenvalue weighted by molar-refractivity contribution is -0.137. The third-order valence-electron chi connectivity index (χ3n) is 2.74. The van der Waals surface area contributed by atoms with Crippen LogP contribution in [0.4, 0.5) is 13.2 Å². The molecule has 0 aliphatic carbocycles. The molecule has 0 saturated heterocycles. The summed E-state index contributed by atoms with van der Waals surface area (Å²) >= 11 is 5.44. The standard InChI is InChI=1S/C14H7ClF3NO3S/c15-12-6-5-10(7-11(12)14(16,17)18)23(20,21)22-13-4-2-1-3-9(13)8-19/h1-7H. The van der Waals surface area contributed by atoms with Crippen molar-refractivity contribution in [2.24, 2.45) is 0 Å². The van der Waals surface area contributed by atoms with Gasteiger partial charge in [-0.05, 0) is 30.3 Å². The van der Waals surface area contributed by atoms with Crippen molar-refractivity contribution in [2.75, 3.05) is 0 Å². The normalized spacial score (nSPS) is 11.8. The van der Waals surface area contributed by atoms with Crippen LogP contribution in [0.5, 0.6) is 5.75 Å². The van der Waals surface area contributed by atoms with E-state index in [1.165, 1.54) is 24.3 Å². The van der Waals surface area contributed by atoms with Gasteiger partial charge in [0, 0.05) is 0 Å². The minimum Gasteiger partial charge on any atom is -0.378 e. The number of alkyl halides is 3. The maximum atomic E-state index is 12.8. The molecule has 23 heavy (non-hydrogen) atoms. The second-order valence-corrected chi connectivity index (χ2v) is 6.24. The molecular weight excluding hydrogens is 355 g/mol. The summed E-state index contributed by atoms with van der Waals surface area (Å²) in [6.07, 6.45) is -4.81. The number of hydrogen-bond donors (Lipinski definition) is 0. The summed E-state index contributed by atoms with van der Waals surface area (Å²) in [5.41, 5.74) is -1.36. The molecule has 0 atom stereocenters. The molecule has 0 saturated carbocycles. The molecule has 0 aliphatic rings. The van der Waals surface area contributed by atoms with Crippen LogP contribution in [0.25, 0.3) is 0 Å². The van der Waals surface area contributed by atoms with Gasteiger partial charge in [-0.1, -0.05) is 23.7 Å². The van der Waals surface area contributed by atoms with Crippen molar-refractivity contribution in [3.63, 3.8) is 0 Å². The molecular formula is C14H7ClF3NO3S. The summed E-state index contributed by atoms with van der Waals surface area (Å²) in [7, 11) is -4.56. The molecule has 0 fully saturated rings. The smallest absolute Gasteiger partial charge is 0.378 e. The summed E-state index contributed by atoms with van der Waals surface area (Å²) in [5.74, 6) is -0.279. The van der Waals surface area contributed by atoms with Crippen molar-refractivity contribution in [1.82, 2.24) is 0 Å². The summed E-state index contributed by atoms with van der Waals surface area (Å²) in [5, 5.41) is 8.25. The number of nitriles is 1. The Kier molecular flexibility index (Phi) is 4.54. The lowest BCUT2D eigenvalue weighted by atomic mass is 10.2.